The van der Waals surface area contributed by atoms with Gasteiger partial charge in [-0.15, -0.1) is 0 Å². The molecule has 100 valence electrons. The summed E-state index contributed by atoms with van der Waals surface area (Å²) in [6, 6.07) is 4.46. The Morgan fingerprint density at radius 1 is 1.37 bits per heavy atom. The standard InChI is InChI=1S/C13H13FN2O3/c1-13-7-19-6-10(13)15-12(18)16(11(13)17)9-4-2-8(14)3-5-9/h2-5,10H,6-7H2,1H3,(H,15,18). The quantitative estimate of drug-likeness (QED) is 0.831. The van der Waals surface area contributed by atoms with Gasteiger partial charge in [0.05, 0.1) is 30.4 Å². The maximum Gasteiger partial charge on any atom is 0.329 e. The topological polar surface area (TPSA) is 58.6 Å². The molecule has 2 unspecified atom stereocenters. The zero-order valence-electron chi connectivity index (χ0n) is 10.4. The number of urea groups is 1. The van der Waals surface area contributed by atoms with E-state index in [1.54, 1.807) is 6.92 Å². The van der Waals surface area contributed by atoms with Gasteiger partial charge >= 0.3 is 6.03 Å². The fourth-order valence-electron chi connectivity index (χ4n) is 2.47. The van der Waals surface area contributed by atoms with Crippen LogP contribution in [0.5, 0.6) is 0 Å². The Kier molecular flexibility index (Phi) is 2.56. The van der Waals surface area contributed by atoms with Crippen LogP contribution in [0.3, 0.4) is 0 Å². The highest BCUT2D eigenvalue weighted by molar-refractivity contribution is 6.18. The van der Waals surface area contributed by atoms with Crippen molar-refractivity contribution in [3.8, 4) is 0 Å². The summed E-state index contributed by atoms with van der Waals surface area (Å²) in [5.74, 6) is -0.729. The molecule has 0 radical (unpaired) electrons. The number of nitrogens with one attached hydrogen (secondary N) is 1. The Bertz CT molecular complexity index is 545. The Labute approximate surface area is 109 Å². The van der Waals surface area contributed by atoms with Gasteiger partial charge in [-0.1, -0.05) is 0 Å². The first-order valence-electron chi connectivity index (χ1n) is 6.01. The summed E-state index contributed by atoms with van der Waals surface area (Å²) in [5.41, 5.74) is -0.405. The summed E-state index contributed by atoms with van der Waals surface area (Å²) in [6.45, 7) is 2.38. The monoisotopic (exact) mass is 264 g/mol. The number of hydrogen-bond donors (Lipinski definition) is 1. The molecular weight excluding hydrogens is 251 g/mol. The van der Waals surface area contributed by atoms with E-state index in [1.165, 1.54) is 24.3 Å². The second-order valence-electron chi connectivity index (χ2n) is 5.05. The van der Waals surface area contributed by atoms with Crippen LogP contribution < -0.4 is 10.2 Å². The predicted molar refractivity (Wildman–Crippen MR) is 65.1 cm³/mol. The molecule has 0 aliphatic carbocycles. The van der Waals surface area contributed by atoms with Crippen LogP contribution in [-0.2, 0) is 9.53 Å². The van der Waals surface area contributed by atoms with Crippen LogP contribution in [0.2, 0.25) is 0 Å². The highest BCUT2D eigenvalue weighted by Crippen LogP contribution is 2.35. The van der Waals surface area contributed by atoms with E-state index in [9.17, 15) is 14.0 Å². The first-order valence-corrected chi connectivity index (χ1v) is 6.01. The predicted octanol–water partition coefficient (Wildman–Crippen LogP) is 1.29. The molecule has 2 aliphatic rings. The van der Waals surface area contributed by atoms with E-state index >= 15 is 0 Å². The number of anilines is 1. The lowest BCUT2D eigenvalue weighted by atomic mass is 9.82. The van der Waals surface area contributed by atoms with E-state index in [-0.39, 0.29) is 18.6 Å². The van der Waals surface area contributed by atoms with Crippen LogP contribution >= 0.6 is 0 Å². The highest BCUT2D eigenvalue weighted by atomic mass is 19.1. The molecule has 1 aromatic rings. The molecule has 2 atom stereocenters. The fourth-order valence-corrected chi connectivity index (χ4v) is 2.47. The van der Waals surface area contributed by atoms with Gasteiger partial charge in [-0.25, -0.2) is 14.1 Å². The van der Waals surface area contributed by atoms with Crippen molar-refractivity contribution in [3.63, 3.8) is 0 Å². The number of halogens is 1. The molecule has 2 fully saturated rings. The molecule has 0 saturated carbocycles. The van der Waals surface area contributed by atoms with Gasteiger partial charge in [0.2, 0.25) is 5.91 Å². The van der Waals surface area contributed by atoms with E-state index in [0.29, 0.717) is 12.3 Å². The maximum absolute atomic E-state index is 12.9. The van der Waals surface area contributed by atoms with Crippen molar-refractivity contribution < 1.29 is 18.7 Å². The minimum Gasteiger partial charge on any atom is -0.378 e. The third-order valence-corrected chi connectivity index (χ3v) is 3.73. The SMILES string of the molecule is CC12COCC1NC(=O)N(c1ccc(F)cc1)C2=O. The Morgan fingerprint density at radius 2 is 2.05 bits per heavy atom. The number of amides is 3. The summed E-state index contributed by atoms with van der Waals surface area (Å²) in [7, 11) is 0. The van der Waals surface area contributed by atoms with Gasteiger partial charge in [-0.2, -0.15) is 0 Å². The molecule has 2 heterocycles. The van der Waals surface area contributed by atoms with Crippen molar-refractivity contribution in [3.05, 3.63) is 30.1 Å². The Morgan fingerprint density at radius 3 is 2.74 bits per heavy atom. The molecule has 1 aromatic carbocycles. The molecule has 19 heavy (non-hydrogen) atoms. The second-order valence-corrected chi connectivity index (χ2v) is 5.05. The van der Waals surface area contributed by atoms with E-state index in [4.69, 9.17) is 4.74 Å². The fraction of sp³-hybridized carbons (Fsp3) is 0.385. The van der Waals surface area contributed by atoms with Gasteiger partial charge in [0, 0.05) is 0 Å². The number of hydrogen-bond acceptors (Lipinski definition) is 3. The van der Waals surface area contributed by atoms with Crippen LogP contribution in [0.1, 0.15) is 6.92 Å². The van der Waals surface area contributed by atoms with Crippen molar-refractivity contribution in [1.82, 2.24) is 5.32 Å². The summed E-state index contributed by atoms with van der Waals surface area (Å²) in [5, 5.41) is 2.76. The van der Waals surface area contributed by atoms with E-state index in [2.05, 4.69) is 5.32 Å². The molecule has 3 rings (SSSR count). The lowest BCUT2D eigenvalue weighted by Crippen LogP contribution is -2.64. The van der Waals surface area contributed by atoms with Crippen molar-refractivity contribution >= 4 is 17.6 Å². The van der Waals surface area contributed by atoms with Crippen LogP contribution in [0.4, 0.5) is 14.9 Å². The van der Waals surface area contributed by atoms with Crippen LogP contribution in [0.15, 0.2) is 24.3 Å². The van der Waals surface area contributed by atoms with Gasteiger partial charge in [0.15, 0.2) is 0 Å². The smallest absolute Gasteiger partial charge is 0.329 e. The Balaban J connectivity index is 1.99. The molecule has 0 aromatic heterocycles. The van der Waals surface area contributed by atoms with Crippen LogP contribution in [-0.4, -0.2) is 31.2 Å². The molecule has 2 aliphatic heterocycles. The zero-order valence-corrected chi connectivity index (χ0v) is 10.4. The number of nitrogens with zero attached hydrogens (tertiary/aromatic N) is 1. The summed E-state index contributed by atoms with van der Waals surface area (Å²) >= 11 is 0. The van der Waals surface area contributed by atoms with Crippen molar-refractivity contribution in [2.75, 3.05) is 18.1 Å². The molecule has 1 N–H and O–H groups in total. The van der Waals surface area contributed by atoms with Gasteiger partial charge in [-0.05, 0) is 31.2 Å². The third-order valence-electron chi connectivity index (χ3n) is 3.73. The summed E-state index contributed by atoms with van der Waals surface area (Å²) < 4.78 is 18.2. The van der Waals surface area contributed by atoms with E-state index in [0.717, 1.165) is 4.90 Å². The van der Waals surface area contributed by atoms with Gasteiger partial charge in [-0.3, -0.25) is 4.79 Å². The number of imide groups is 1. The van der Waals surface area contributed by atoms with E-state index in [1.807, 2.05) is 0 Å². The van der Waals surface area contributed by atoms with Crippen molar-refractivity contribution in [2.24, 2.45) is 5.41 Å². The second kappa shape index (κ2) is 4.03. The van der Waals surface area contributed by atoms with Crippen molar-refractivity contribution in [1.29, 1.82) is 0 Å². The normalized spacial score (nSPS) is 30.2. The number of carbonyl (C=O) groups is 2. The maximum atomic E-state index is 12.9. The zero-order chi connectivity index (χ0) is 13.6. The molecule has 0 spiro atoms. The number of ether oxygens (including phenoxy) is 1. The number of fused-ring (bicyclic) bond motifs is 1. The minimum absolute atomic E-state index is 0.272. The molecule has 2 saturated heterocycles. The lowest BCUT2D eigenvalue weighted by Gasteiger charge is -2.39. The molecule has 0 bridgehead atoms. The molecular formula is C13H13FN2O3. The van der Waals surface area contributed by atoms with E-state index < -0.39 is 17.3 Å². The van der Waals surface area contributed by atoms with Crippen LogP contribution in [0, 0.1) is 11.2 Å². The van der Waals surface area contributed by atoms with Gasteiger partial charge in [0.25, 0.3) is 0 Å². The van der Waals surface area contributed by atoms with Gasteiger partial charge < -0.3 is 10.1 Å². The number of carbonyl (C=O) groups excluding carboxylic acids is 2. The largest absolute Gasteiger partial charge is 0.378 e. The molecule has 6 heteroatoms. The molecule has 3 amide bonds. The Hall–Kier alpha value is -1.95. The van der Waals surface area contributed by atoms with Crippen molar-refractivity contribution in [2.45, 2.75) is 13.0 Å². The van der Waals surface area contributed by atoms with Gasteiger partial charge in [0.1, 0.15) is 5.82 Å². The average molecular weight is 264 g/mol. The lowest BCUT2D eigenvalue weighted by molar-refractivity contribution is -0.128. The first-order chi connectivity index (χ1) is 9.02. The number of rotatable bonds is 1. The summed E-state index contributed by atoms with van der Waals surface area (Å²) in [6.07, 6.45) is 0. The highest BCUT2D eigenvalue weighted by Gasteiger charge is 2.54. The average Bonchev–Trinajstić information content (AvgIpc) is 2.75. The number of benzene rings is 1. The first kappa shape index (κ1) is 12.1. The minimum atomic E-state index is -0.762. The van der Waals surface area contributed by atoms with Crippen LogP contribution in [0.25, 0.3) is 0 Å². The summed E-state index contributed by atoms with van der Waals surface area (Å²) in [4.78, 5) is 25.6. The molecule has 5 nitrogen and oxygen atoms in total. The third kappa shape index (κ3) is 1.71.